The number of aliphatic carboxylic acids is 1. The molecule has 0 spiro atoms. The third kappa shape index (κ3) is 15.0. The van der Waals surface area contributed by atoms with Crippen molar-refractivity contribution in [3.63, 3.8) is 0 Å². The first-order chi connectivity index (χ1) is 32.8. The molecule has 2 bridgehead atoms. The molecule has 0 radical (unpaired) electrons. The molecular formula is C52H54N6O10. The Morgan fingerprint density at radius 3 is 1.71 bits per heavy atom. The molecule has 5 aromatic rings. The summed E-state index contributed by atoms with van der Waals surface area (Å²) in [7, 11) is 1.04. The number of anilines is 1. The molecule has 16 heteroatoms. The lowest BCUT2D eigenvalue weighted by Crippen LogP contribution is -2.60. The standard InChI is InChI=1S/C52H54N6O10/c1-68-52(67)44(32-47(61)62)58-51(66)43-31-36-19-24-39(25-20-36)53-45(59)27-28-46(60)54-40(26-21-33-11-5-2-6-12-33)48(63)55-42(30-35-17-22-38(23-18-35)37-15-9-4-10-16-37)50(65)56-41(49(64)57-43)29-34-13-7-3-8-14-34/h2-20,22-25,40-44H,21,26-32H2,1H3,(H,53,59)(H,54,60)(H,55,63)(H,56,65)(H,57,64)(H,58,66)(H,61,62). The summed E-state index contributed by atoms with van der Waals surface area (Å²) < 4.78 is 4.74. The molecule has 352 valence electrons. The van der Waals surface area contributed by atoms with Crippen LogP contribution in [0.2, 0.25) is 0 Å². The van der Waals surface area contributed by atoms with E-state index in [0.717, 1.165) is 23.8 Å². The molecular weight excluding hydrogens is 869 g/mol. The van der Waals surface area contributed by atoms with E-state index in [1.54, 1.807) is 54.6 Å². The molecule has 2 aliphatic heterocycles. The summed E-state index contributed by atoms with van der Waals surface area (Å²) in [5, 5.41) is 25.8. The topological polar surface area (TPSA) is 238 Å². The van der Waals surface area contributed by atoms with E-state index in [9.17, 15) is 43.5 Å². The van der Waals surface area contributed by atoms with Gasteiger partial charge in [0.15, 0.2) is 0 Å². The van der Waals surface area contributed by atoms with Crippen molar-refractivity contribution >= 4 is 53.1 Å². The fraction of sp³-hybridized carbons (Fsp3) is 0.269. The Morgan fingerprint density at radius 1 is 0.603 bits per heavy atom. The van der Waals surface area contributed by atoms with Gasteiger partial charge in [0.2, 0.25) is 35.4 Å². The van der Waals surface area contributed by atoms with E-state index in [1.807, 2.05) is 84.9 Å². The van der Waals surface area contributed by atoms with Crippen LogP contribution in [0.25, 0.3) is 11.1 Å². The number of fused-ring (bicyclic) bond motifs is 18. The van der Waals surface area contributed by atoms with Crippen LogP contribution in [-0.2, 0) is 68.8 Å². The van der Waals surface area contributed by atoms with Gasteiger partial charge >= 0.3 is 11.9 Å². The lowest BCUT2D eigenvalue weighted by Gasteiger charge is -2.27. The number of carboxylic acid groups (broad SMARTS) is 1. The van der Waals surface area contributed by atoms with Gasteiger partial charge in [-0.15, -0.1) is 0 Å². The van der Waals surface area contributed by atoms with Gasteiger partial charge < -0.3 is 41.7 Å². The predicted molar refractivity (Wildman–Crippen MR) is 252 cm³/mol. The summed E-state index contributed by atoms with van der Waals surface area (Å²) in [6.45, 7) is 0. The molecule has 0 fully saturated rings. The smallest absolute Gasteiger partial charge is 0.328 e. The second-order valence-corrected chi connectivity index (χ2v) is 16.4. The summed E-state index contributed by atoms with van der Waals surface area (Å²) in [6.07, 6.45) is -1.03. The van der Waals surface area contributed by atoms with Gasteiger partial charge in [0, 0.05) is 37.8 Å². The Bertz CT molecular complexity index is 2540. The summed E-state index contributed by atoms with van der Waals surface area (Å²) in [5.41, 5.74) is 4.96. The van der Waals surface area contributed by atoms with Gasteiger partial charge in [-0.2, -0.15) is 0 Å². The van der Waals surface area contributed by atoms with Crippen LogP contribution >= 0.6 is 0 Å². The third-order valence-corrected chi connectivity index (χ3v) is 11.3. The SMILES string of the molecule is COC(=O)C(CC(=O)O)NC(=O)C1Cc2ccc(cc2)NC(=O)CCC(=O)NC(CCc2ccccc2)C(=O)NC(Cc2ccc(-c3ccccc3)cc2)C(=O)NC(Cc2ccccc2)C(=O)N1. The van der Waals surface area contributed by atoms with Gasteiger partial charge in [-0.1, -0.05) is 127 Å². The lowest BCUT2D eigenvalue weighted by molar-refractivity contribution is -0.149. The second kappa shape index (κ2) is 24.4. The zero-order chi connectivity index (χ0) is 48.4. The van der Waals surface area contributed by atoms with Crippen molar-refractivity contribution in [3.05, 3.63) is 162 Å². The third-order valence-electron chi connectivity index (χ3n) is 11.3. The van der Waals surface area contributed by atoms with Gasteiger partial charge in [0.1, 0.15) is 30.2 Å². The molecule has 5 unspecified atom stereocenters. The zero-order valence-corrected chi connectivity index (χ0v) is 37.4. The highest BCUT2D eigenvalue weighted by Crippen LogP contribution is 2.21. The lowest BCUT2D eigenvalue weighted by atomic mass is 9.98. The molecule has 2 aliphatic rings. The maximum absolute atomic E-state index is 14.7. The minimum absolute atomic E-state index is 0.0365. The minimum atomic E-state index is -1.60. The molecule has 7 N–H and O–H groups in total. The molecule has 16 nitrogen and oxygen atoms in total. The number of aryl methyl sites for hydroxylation is 1. The van der Waals surface area contributed by atoms with Crippen LogP contribution in [-0.4, -0.2) is 89.8 Å². The Kier molecular flexibility index (Phi) is 17.7. The molecule has 5 aromatic carbocycles. The van der Waals surface area contributed by atoms with Crippen molar-refractivity contribution in [2.24, 2.45) is 0 Å². The van der Waals surface area contributed by atoms with Crippen molar-refractivity contribution in [2.75, 3.05) is 12.4 Å². The summed E-state index contributed by atoms with van der Waals surface area (Å²) >= 11 is 0. The first-order valence-corrected chi connectivity index (χ1v) is 22.2. The molecule has 5 atom stereocenters. The van der Waals surface area contributed by atoms with Gasteiger partial charge in [-0.05, 0) is 58.4 Å². The van der Waals surface area contributed by atoms with Crippen LogP contribution in [0.5, 0.6) is 0 Å². The number of carbonyl (C=O) groups is 8. The molecule has 0 aliphatic carbocycles. The quantitative estimate of drug-likeness (QED) is 0.0666. The Balaban J connectivity index is 1.37. The summed E-state index contributed by atoms with van der Waals surface area (Å²) in [4.78, 5) is 108. The molecule has 2 heterocycles. The molecule has 68 heavy (non-hydrogen) atoms. The fourth-order valence-electron chi connectivity index (χ4n) is 7.68. The number of methoxy groups -OCH3 is 1. The van der Waals surface area contributed by atoms with E-state index in [-0.39, 0.29) is 38.5 Å². The number of hydrogen-bond donors (Lipinski definition) is 7. The van der Waals surface area contributed by atoms with Crippen LogP contribution in [0.3, 0.4) is 0 Å². The average Bonchev–Trinajstić information content (AvgIpc) is 3.34. The van der Waals surface area contributed by atoms with E-state index in [0.29, 0.717) is 28.8 Å². The van der Waals surface area contributed by atoms with Crippen molar-refractivity contribution in [3.8, 4) is 11.1 Å². The largest absolute Gasteiger partial charge is 0.481 e. The highest BCUT2D eigenvalue weighted by atomic mass is 16.5. The molecule has 7 rings (SSSR count). The van der Waals surface area contributed by atoms with Gasteiger partial charge in [0.05, 0.1) is 13.5 Å². The number of benzene rings is 5. The summed E-state index contributed by atoms with van der Waals surface area (Å²) in [5.74, 6) is -6.61. The summed E-state index contributed by atoms with van der Waals surface area (Å²) in [6, 6.07) is 34.8. The Labute approximate surface area is 393 Å². The fourth-order valence-corrected chi connectivity index (χ4v) is 7.68. The Morgan fingerprint density at radius 2 is 1.12 bits per heavy atom. The maximum atomic E-state index is 14.7. The molecule has 0 saturated heterocycles. The minimum Gasteiger partial charge on any atom is -0.481 e. The van der Waals surface area contributed by atoms with Gasteiger partial charge in [0.25, 0.3) is 0 Å². The highest BCUT2D eigenvalue weighted by molar-refractivity contribution is 5.98. The van der Waals surface area contributed by atoms with E-state index in [2.05, 4.69) is 31.9 Å². The maximum Gasteiger partial charge on any atom is 0.328 e. The van der Waals surface area contributed by atoms with Crippen molar-refractivity contribution in [2.45, 2.75) is 81.6 Å². The predicted octanol–water partition coefficient (Wildman–Crippen LogP) is 3.82. The number of hydrogen-bond acceptors (Lipinski definition) is 9. The number of carboxylic acids is 1. The number of rotatable bonds is 13. The van der Waals surface area contributed by atoms with E-state index < -0.39 is 84.0 Å². The molecule has 0 aromatic heterocycles. The van der Waals surface area contributed by atoms with Crippen LogP contribution in [0.4, 0.5) is 5.69 Å². The van der Waals surface area contributed by atoms with E-state index in [4.69, 9.17) is 4.74 Å². The Hall–Kier alpha value is -8.14. The first kappa shape index (κ1) is 49.3. The van der Waals surface area contributed by atoms with E-state index in [1.165, 1.54) is 0 Å². The monoisotopic (exact) mass is 922 g/mol. The molecule has 6 amide bonds. The normalized spacial score (nSPS) is 18.8. The number of carbonyl (C=O) groups excluding carboxylic acids is 7. The number of nitrogens with one attached hydrogen (secondary N) is 6. The van der Waals surface area contributed by atoms with Crippen LogP contribution < -0.4 is 31.9 Å². The van der Waals surface area contributed by atoms with Crippen molar-refractivity contribution in [1.82, 2.24) is 26.6 Å². The first-order valence-electron chi connectivity index (χ1n) is 22.2. The second-order valence-electron chi connectivity index (χ2n) is 16.4. The van der Waals surface area contributed by atoms with Gasteiger partial charge in [-0.25, -0.2) is 4.79 Å². The van der Waals surface area contributed by atoms with E-state index >= 15 is 0 Å². The number of ether oxygens (including phenoxy) is 1. The average molecular weight is 923 g/mol. The van der Waals surface area contributed by atoms with Crippen LogP contribution in [0.1, 0.15) is 47.9 Å². The number of amides is 6. The molecule has 0 saturated carbocycles. The van der Waals surface area contributed by atoms with Crippen molar-refractivity contribution in [1.29, 1.82) is 0 Å². The van der Waals surface area contributed by atoms with Gasteiger partial charge in [-0.3, -0.25) is 33.6 Å². The van der Waals surface area contributed by atoms with Crippen molar-refractivity contribution < 1.29 is 48.2 Å². The zero-order valence-electron chi connectivity index (χ0n) is 37.4. The van der Waals surface area contributed by atoms with Crippen LogP contribution in [0, 0.1) is 0 Å². The number of esters is 1. The highest BCUT2D eigenvalue weighted by Gasteiger charge is 2.34. The van der Waals surface area contributed by atoms with Crippen LogP contribution in [0.15, 0.2) is 140 Å².